The molecule has 1 aromatic rings. The van der Waals surface area contributed by atoms with Gasteiger partial charge in [0, 0.05) is 5.56 Å². The molecule has 0 heterocycles. The molecule has 1 atom stereocenters. The third kappa shape index (κ3) is 2.72. The largest absolute Gasteiger partial charge is 0.494 e. The third-order valence-corrected chi connectivity index (χ3v) is 2.24. The van der Waals surface area contributed by atoms with Crippen molar-refractivity contribution in [1.29, 1.82) is 0 Å². The average Bonchev–Trinajstić information content (AvgIpc) is 2.28. The first-order chi connectivity index (χ1) is 7.20. The Balaban J connectivity index is 2.96. The summed E-state index contributed by atoms with van der Waals surface area (Å²) < 4.78 is 10.2. The molecule has 0 radical (unpaired) electrons. The van der Waals surface area contributed by atoms with Crippen LogP contribution >= 0.6 is 0 Å². The van der Waals surface area contributed by atoms with E-state index in [-0.39, 0.29) is 11.9 Å². The molecule has 0 amide bonds. The van der Waals surface area contributed by atoms with Gasteiger partial charge in [0.15, 0.2) is 0 Å². The Morgan fingerprint density at radius 1 is 1.40 bits per heavy atom. The summed E-state index contributed by atoms with van der Waals surface area (Å²) in [5.41, 5.74) is 0.867. The molecule has 0 saturated heterocycles. The Bertz CT molecular complexity index is 333. The van der Waals surface area contributed by atoms with Crippen molar-refractivity contribution in [3.63, 3.8) is 0 Å². The molecule has 0 spiro atoms. The molecule has 0 aliphatic rings. The molecule has 3 heteroatoms. The van der Waals surface area contributed by atoms with Gasteiger partial charge in [-0.15, -0.1) is 0 Å². The lowest BCUT2D eigenvalue weighted by molar-refractivity contribution is -0.142. The predicted octanol–water partition coefficient (Wildman–Crippen LogP) is 2.36. The van der Waals surface area contributed by atoms with Gasteiger partial charge in [-0.1, -0.05) is 18.2 Å². The molecule has 3 nitrogen and oxygen atoms in total. The van der Waals surface area contributed by atoms with Gasteiger partial charge in [-0.2, -0.15) is 0 Å². The lowest BCUT2D eigenvalue weighted by atomic mass is 10.0. The maximum absolute atomic E-state index is 11.4. The van der Waals surface area contributed by atoms with Gasteiger partial charge in [-0.25, -0.2) is 0 Å². The zero-order valence-electron chi connectivity index (χ0n) is 9.32. The molecule has 1 unspecified atom stereocenters. The van der Waals surface area contributed by atoms with Crippen molar-refractivity contribution in [3.05, 3.63) is 29.8 Å². The number of rotatable bonds is 4. The summed E-state index contributed by atoms with van der Waals surface area (Å²) in [5.74, 6) is 0.206. The van der Waals surface area contributed by atoms with E-state index >= 15 is 0 Å². The zero-order chi connectivity index (χ0) is 11.3. The second-order valence-corrected chi connectivity index (χ2v) is 3.22. The number of benzene rings is 1. The van der Waals surface area contributed by atoms with Crippen LogP contribution in [-0.2, 0) is 9.53 Å². The molecule has 0 aliphatic heterocycles. The molecule has 0 fully saturated rings. The summed E-state index contributed by atoms with van der Waals surface area (Å²) >= 11 is 0. The molecular weight excluding hydrogens is 192 g/mol. The van der Waals surface area contributed by atoms with Crippen molar-refractivity contribution in [3.8, 4) is 5.75 Å². The molecule has 0 aliphatic carbocycles. The van der Waals surface area contributed by atoms with Crippen LogP contribution in [0.15, 0.2) is 24.3 Å². The highest BCUT2D eigenvalue weighted by molar-refractivity contribution is 5.78. The van der Waals surface area contributed by atoms with Gasteiger partial charge in [-0.3, -0.25) is 4.79 Å². The van der Waals surface area contributed by atoms with E-state index in [2.05, 4.69) is 0 Å². The average molecular weight is 208 g/mol. The fraction of sp³-hybridized carbons (Fsp3) is 0.417. The van der Waals surface area contributed by atoms with Crippen LogP contribution in [0, 0.1) is 0 Å². The van der Waals surface area contributed by atoms with E-state index in [0.717, 1.165) is 11.3 Å². The highest BCUT2D eigenvalue weighted by atomic mass is 16.5. The van der Waals surface area contributed by atoms with E-state index in [9.17, 15) is 4.79 Å². The van der Waals surface area contributed by atoms with Crippen molar-refractivity contribution in [2.24, 2.45) is 0 Å². The zero-order valence-corrected chi connectivity index (χ0v) is 9.32. The maximum atomic E-state index is 11.4. The third-order valence-electron chi connectivity index (χ3n) is 2.24. The number of methoxy groups -OCH3 is 1. The van der Waals surface area contributed by atoms with Crippen LogP contribution < -0.4 is 4.74 Å². The number of carbonyl (C=O) groups is 1. The lowest BCUT2D eigenvalue weighted by Crippen LogP contribution is -2.12. The second-order valence-electron chi connectivity index (χ2n) is 3.22. The maximum Gasteiger partial charge on any atom is 0.312 e. The number of carbonyl (C=O) groups excluding carboxylic acids is 1. The van der Waals surface area contributed by atoms with Crippen LogP contribution in [0.3, 0.4) is 0 Å². The molecular formula is C12H16O3. The Hall–Kier alpha value is -1.51. The summed E-state index contributed by atoms with van der Waals surface area (Å²) in [6.45, 7) is 4.31. The van der Waals surface area contributed by atoms with E-state index in [1.54, 1.807) is 0 Å². The Kier molecular flexibility index (Phi) is 4.16. The summed E-state index contributed by atoms with van der Waals surface area (Å²) in [7, 11) is 1.39. The lowest BCUT2D eigenvalue weighted by Gasteiger charge is -2.14. The van der Waals surface area contributed by atoms with Crippen LogP contribution in [0.1, 0.15) is 25.3 Å². The Morgan fingerprint density at radius 3 is 2.67 bits per heavy atom. The minimum Gasteiger partial charge on any atom is -0.494 e. The second kappa shape index (κ2) is 5.39. The number of esters is 1. The SMILES string of the molecule is CCOc1ccccc1C(C)C(=O)OC. The van der Waals surface area contributed by atoms with Crippen molar-refractivity contribution >= 4 is 5.97 Å². The van der Waals surface area contributed by atoms with Crippen molar-refractivity contribution < 1.29 is 14.3 Å². The van der Waals surface area contributed by atoms with Crippen molar-refractivity contribution in [2.45, 2.75) is 19.8 Å². The molecule has 0 aromatic heterocycles. The summed E-state index contributed by atoms with van der Waals surface area (Å²) in [6.07, 6.45) is 0. The molecule has 0 saturated carbocycles. The topological polar surface area (TPSA) is 35.5 Å². The summed E-state index contributed by atoms with van der Waals surface area (Å²) in [6, 6.07) is 7.51. The fourth-order valence-corrected chi connectivity index (χ4v) is 1.43. The van der Waals surface area contributed by atoms with E-state index in [0.29, 0.717) is 6.61 Å². The first kappa shape index (κ1) is 11.6. The summed E-state index contributed by atoms with van der Waals surface area (Å²) in [4.78, 5) is 11.4. The van der Waals surface area contributed by atoms with Crippen LogP contribution in [0.2, 0.25) is 0 Å². The number of hydrogen-bond donors (Lipinski definition) is 0. The number of ether oxygens (including phenoxy) is 2. The van der Waals surface area contributed by atoms with Gasteiger partial charge in [0.25, 0.3) is 0 Å². The quantitative estimate of drug-likeness (QED) is 0.712. The van der Waals surface area contributed by atoms with Gasteiger partial charge in [0.05, 0.1) is 19.6 Å². The van der Waals surface area contributed by atoms with Crippen molar-refractivity contribution in [1.82, 2.24) is 0 Å². The first-order valence-corrected chi connectivity index (χ1v) is 5.00. The standard InChI is InChI=1S/C12H16O3/c1-4-15-11-8-6-5-7-10(11)9(2)12(13)14-3/h5-9H,4H2,1-3H3. The smallest absolute Gasteiger partial charge is 0.312 e. The molecule has 82 valence electrons. The van der Waals surface area contributed by atoms with Gasteiger partial charge < -0.3 is 9.47 Å². The van der Waals surface area contributed by atoms with Gasteiger partial charge in [0.2, 0.25) is 0 Å². The Morgan fingerprint density at radius 2 is 2.07 bits per heavy atom. The molecule has 1 aromatic carbocycles. The van der Waals surface area contributed by atoms with Crippen LogP contribution in [0.4, 0.5) is 0 Å². The van der Waals surface area contributed by atoms with Crippen LogP contribution in [-0.4, -0.2) is 19.7 Å². The first-order valence-electron chi connectivity index (χ1n) is 5.00. The van der Waals surface area contributed by atoms with E-state index < -0.39 is 0 Å². The van der Waals surface area contributed by atoms with E-state index in [1.165, 1.54) is 7.11 Å². The predicted molar refractivity (Wildman–Crippen MR) is 58.0 cm³/mol. The fourth-order valence-electron chi connectivity index (χ4n) is 1.43. The van der Waals surface area contributed by atoms with Gasteiger partial charge in [0.1, 0.15) is 5.75 Å². The number of hydrogen-bond acceptors (Lipinski definition) is 3. The van der Waals surface area contributed by atoms with Gasteiger partial charge in [-0.05, 0) is 19.9 Å². The highest BCUT2D eigenvalue weighted by Gasteiger charge is 2.19. The molecule has 0 bridgehead atoms. The Labute approximate surface area is 90.0 Å². The number of para-hydroxylation sites is 1. The highest BCUT2D eigenvalue weighted by Crippen LogP contribution is 2.27. The molecule has 15 heavy (non-hydrogen) atoms. The molecule has 0 N–H and O–H groups in total. The normalized spacial score (nSPS) is 11.9. The monoisotopic (exact) mass is 208 g/mol. The molecule has 1 rings (SSSR count). The minimum atomic E-state index is -0.294. The van der Waals surface area contributed by atoms with Gasteiger partial charge >= 0.3 is 5.97 Å². The summed E-state index contributed by atoms with van der Waals surface area (Å²) in [5, 5.41) is 0. The van der Waals surface area contributed by atoms with Crippen molar-refractivity contribution in [2.75, 3.05) is 13.7 Å². The minimum absolute atomic E-state index is 0.248. The van der Waals surface area contributed by atoms with E-state index in [1.807, 2.05) is 38.1 Å². The van der Waals surface area contributed by atoms with E-state index in [4.69, 9.17) is 9.47 Å². The van der Waals surface area contributed by atoms with Crippen LogP contribution in [0.25, 0.3) is 0 Å². The van der Waals surface area contributed by atoms with Crippen LogP contribution in [0.5, 0.6) is 5.75 Å².